The number of nitrogens with one attached hydrogen (secondary N) is 1. The number of nitrogen functional groups attached to an aromatic ring is 1. The third-order valence-corrected chi connectivity index (χ3v) is 12.0. The first-order valence-corrected chi connectivity index (χ1v) is 19.9. The van der Waals surface area contributed by atoms with E-state index >= 15 is 8.78 Å². The summed E-state index contributed by atoms with van der Waals surface area (Å²) in [6.45, 7) is 10.8. The van der Waals surface area contributed by atoms with E-state index in [2.05, 4.69) is 28.0 Å². The minimum Gasteiger partial charge on any atom is -0.461 e. The summed E-state index contributed by atoms with van der Waals surface area (Å²) in [5.41, 5.74) is 7.63. The van der Waals surface area contributed by atoms with Gasteiger partial charge in [-0.25, -0.2) is 18.6 Å². The van der Waals surface area contributed by atoms with Crippen LogP contribution in [0.3, 0.4) is 0 Å². The number of halogens is 2. The maximum Gasteiger partial charge on any atom is 0.519 e. The van der Waals surface area contributed by atoms with Crippen molar-refractivity contribution in [3.05, 3.63) is 69.3 Å². The molecule has 2 saturated heterocycles. The highest BCUT2D eigenvalue weighted by Gasteiger charge is 2.45. The summed E-state index contributed by atoms with van der Waals surface area (Å²) in [4.78, 5) is 31.6. The molecular weight excluding hydrogens is 717 g/mol. The molecule has 13 heteroatoms. The molecule has 1 unspecified atom stereocenters. The smallest absolute Gasteiger partial charge is 0.461 e. The van der Waals surface area contributed by atoms with Gasteiger partial charge < -0.3 is 24.6 Å². The molecule has 0 aliphatic carbocycles. The summed E-state index contributed by atoms with van der Waals surface area (Å²) >= 11 is 0. The third kappa shape index (κ3) is 7.09. The van der Waals surface area contributed by atoms with E-state index in [1.165, 1.54) is 6.07 Å². The van der Waals surface area contributed by atoms with Gasteiger partial charge in [0.05, 0.1) is 28.7 Å². The molecule has 8 rings (SSSR count). The molecule has 3 aliphatic rings. The first-order valence-electron chi connectivity index (χ1n) is 19.9. The molecule has 0 bridgehead atoms. The van der Waals surface area contributed by atoms with Crippen LogP contribution in [0.15, 0.2) is 37.9 Å². The second-order valence-electron chi connectivity index (χ2n) is 16.0. The van der Waals surface area contributed by atoms with Gasteiger partial charge in [0.1, 0.15) is 29.5 Å². The normalized spacial score (nSPS) is 19.1. The summed E-state index contributed by atoms with van der Waals surface area (Å²) in [7, 11) is 0. The summed E-state index contributed by atoms with van der Waals surface area (Å²) < 4.78 is 50.0. The van der Waals surface area contributed by atoms with Crippen LogP contribution in [0.25, 0.3) is 32.9 Å². The Hall–Kier alpha value is -5.06. The lowest BCUT2D eigenvalue weighted by atomic mass is 9.94. The Labute approximate surface area is 325 Å². The Morgan fingerprint density at radius 2 is 1.89 bits per heavy atom. The molecule has 294 valence electrons. The molecule has 6 heterocycles. The van der Waals surface area contributed by atoms with Crippen molar-refractivity contribution in [2.45, 2.75) is 90.1 Å². The molecule has 2 aromatic carbocycles. The maximum atomic E-state index is 17.4. The van der Waals surface area contributed by atoms with Crippen LogP contribution in [0.1, 0.15) is 94.4 Å². The van der Waals surface area contributed by atoms with Crippen molar-refractivity contribution in [2.24, 2.45) is 5.92 Å². The Balaban J connectivity index is 1.25. The zero-order chi connectivity index (χ0) is 39.1. The molecular formula is C43H49F2N7O4. The highest BCUT2D eigenvalue weighted by Crippen LogP contribution is 2.41. The van der Waals surface area contributed by atoms with Gasteiger partial charge in [-0.1, -0.05) is 39.2 Å². The Bertz CT molecular complexity index is 2370. The van der Waals surface area contributed by atoms with E-state index in [0.29, 0.717) is 89.0 Å². The van der Waals surface area contributed by atoms with Gasteiger partial charge in [-0.15, -0.1) is 6.42 Å². The fourth-order valence-corrected chi connectivity index (χ4v) is 9.21. The molecule has 3 aliphatic heterocycles. The quantitative estimate of drug-likeness (QED) is 0.119. The summed E-state index contributed by atoms with van der Waals surface area (Å²) in [5.74, 6) is 2.30. The number of hydrogen-bond donors (Lipinski definition) is 2. The molecule has 0 radical (unpaired) electrons. The number of nitrogens with two attached hydrogens (primary N) is 1. The lowest BCUT2D eigenvalue weighted by Crippen LogP contribution is -2.43. The van der Waals surface area contributed by atoms with Crippen molar-refractivity contribution in [3.8, 4) is 29.6 Å². The minimum absolute atomic E-state index is 0.00766. The largest absolute Gasteiger partial charge is 0.519 e. The number of anilines is 2. The lowest BCUT2D eigenvalue weighted by molar-refractivity contribution is 0.108. The highest BCUT2D eigenvalue weighted by atomic mass is 19.1. The first-order chi connectivity index (χ1) is 27.1. The van der Waals surface area contributed by atoms with E-state index in [4.69, 9.17) is 40.7 Å². The molecule has 3 N–H and O–H groups in total. The average molecular weight is 766 g/mol. The maximum absolute atomic E-state index is 17.4. The zero-order valence-electron chi connectivity index (χ0n) is 32.4. The van der Waals surface area contributed by atoms with Gasteiger partial charge in [0.15, 0.2) is 17.3 Å². The van der Waals surface area contributed by atoms with E-state index < -0.39 is 17.5 Å². The predicted molar refractivity (Wildman–Crippen MR) is 213 cm³/mol. The number of ether oxygens (including phenoxy) is 1. The fraction of sp³-hybridized carbons (Fsp3) is 0.488. The van der Waals surface area contributed by atoms with Crippen LogP contribution in [0.2, 0.25) is 0 Å². The number of terminal acetylenes is 1. The summed E-state index contributed by atoms with van der Waals surface area (Å²) in [6.07, 6.45) is 13.2. The van der Waals surface area contributed by atoms with E-state index in [-0.39, 0.29) is 34.2 Å². The van der Waals surface area contributed by atoms with Gasteiger partial charge in [0, 0.05) is 42.2 Å². The van der Waals surface area contributed by atoms with E-state index in [1.807, 2.05) is 13.8 Å². The van der Waals surface area contributed by atoms with Gasteiger partial charge in [-0.2, -0.15) is 9.97 Å². The van der Waals surface area contributed by atoms with Crippen molar-refractivity contribution in [3.63, 3.8) is 0 Å². The molecule has 5 aromatic rings. The number of benzene rings is 2. The lowest BCUT2D eigenvalue weighted by Gasteiger charge is -2.31. The van der Waals surface area contributed by atoms with Gasteiger partial charge in [-0.3, -0.25) is 9.80 Å². The first kappa shape index (κ1) is 37.8. The number of aryl methyl sites for hydroxylation is 1. The number of pyridine rings is 1. The molecule has 0 saturated carbocycles. The van der Waals surface area contributed by atoms with Crippen LogP contribution >= 0.6 is 0 Å². The molecule has 0 amide bonds. The Morgan fingerprint density at radius 1 is 1.09 bits per heavy atom. The van der Waals surface area contributed by atoms with Crippen LogP contribution in [-0.2, 0) is 13.0 Å². The summed E-state index contributed by atoms with van der Waals surface area (Å²) in [6, 6.07) is 6.25. The monoisotopic (exact) mass is 765 g/mol. The van der Waals surface area contributed by atoms with E-state index in [9.17, 15) is 4.79 Å². The van der Waals surface area contributed by atoms with Crippen LogP contribution < -0.4 is 21.6 Å². The molecule has 1 atom stereocenters. The Kier molecular flexibility index (Phi) is 10.5. The highest BCUT2D eigenvalue weighted by molar-refractivity contribution is 6.04. The molecule has 2 fully saturated rings. The number of aromatic nitrogens is 3. The average Bonchev–Trinajstić information content (AvgIpc) is 3.87. The number of rotatable bonds is 8. The predicted octanol–water partition coefficient (Wildman–Crippen LogP) is 7.64. The third-order valence-electron chi connectivity index (χ3n) is 12.0. The zero-order valence-corrected chi connectivity index (χ0v) is 32.4. The van der Waals surface area contributed by atoms with Gasteiger partial charge in [0.2, 0.25) is 0 Å². The Morgan fingerprint density at radius 3 is 2.64 bits per heavy atom. The summed E-state index contributed by atoms with van der Waals surface area (Å²) in [5, 5.41) is 4.91. The van der Waals surface area contributed by atoms with Crippen molar-refractivity contribution in [1.82, 2.24) is 24.8 Å². The van der Waals surface area contributed by atoms with Crippen molar-refractivity contribution in [2.75, 3.05) is 50.4 Å². The van der Waals surface area contributed by atoms with E-state index in [1.54, 1.807) is 18.2 Å². The van der Waals surface area contributed by atoms with E-state index in [0.717, 1.165) is 64.6 Å². The molecule has 0 spiro atoms. The van der Waals surface area contributed by atoms with Crippen LogP contribution in [0.5, 0.6) is 6.01 Å². The fourth-order valence-electron chi connectivity index (χ4n) is 9.21. The van der Waals surface area contributed by atoms with Crippen LogP contribution in [0.4, 0.5) is 20.3 Å². The minimum atomic E-state index is -0.700. The van der Waals surface area contributed by atoms with Gasteiger partial charge in [-0.05, 0) is 87.5 Å². The molecule has 3 aromatic heterocycles. The standard InChI is InChI=1S/C43H49F2N7O4/c1-5-26-10-7-11-32-35-38(36(45)37(48-32)30-21-28(46)20-27-12-13-31(44)29(6-2)34(27)30)49-41(54-24-43-14-8-17-52(43)18-9-15-43)50-40(35)47-16-19-51(22-26)23-33-39(25(3)4)56-42(53)55-33/h2,12-13,20-21,25-26H,5,7-11,14-19,22-24,46H2,1,3-4H3,(H,47,49,50). The number of fused-ring (bicyclic) bond motifs is 2. The number of hydrogen-bond acceptors (Lipinski definition) is 11. The molecule has 11 nitrogen and oxygen atoms in total. The topological polar surface area (TPSA) is 136 Å². The van der Waals surface area contributed by atoms with Gasteiger partial charge >= 0.3 is 11.8 Å². The second kappa shape index (κ2) is 15.5. The second-order valence-corrected chi connectivity index (χ2v) is 16.0. The van der Waals surface area contributed by atoms with Gasteiger partial charge in [0.25, 0.3) is 0 Å². The molecule has 56 heavy (non-hydrogen) atoms. The number of nitrogens with zero attached hydrogens (tertiary/aromatic N) is 5. The van der Waals surface area contributed by atoms with Crippen LogP contribution in [0, 0.1) is 29.9 Å². The SMILES string of the molecule is C#Cc1c(F)ccc2cc(N)cc(-c3nc4c5c(nc(OCC67CCCN6CCC7)nc5c3F)NCCN(Cc3oc(=O)oc3C(C)C)CC(CC)CCC4)c12. The van der Waals surface area contributed by atoms with Crippen molar-refractivity contribution in [1.29, 1.82) is 0 Å². The van der Waals surface area contributed by atoms with Crippen molar-refractivity contribution < 1.29 is 22.4 Å². The van der Waals surface area contributed by atoms with Crippen LogP contribution in [-0.4, -0.2) is 69.6 Å². The van der Waals surface area contributed by atoms with Crippen molar-refractivity contribution >= 4 is 33.2 Å².